The number of aryl methyl sites for hydroxylation is 1. The fourth-order valence-corrected chi connectivity index (χ4v) is 4.04. The van der Waals surface area contributed by atoms with E-state index in [9.17, 15) is 13.2 Å². The van der Waals surface area contributed by atoms with Crippen LogP contribution in [0.5, 0.6) is 0 Å². The van der Waals surface area contributed by atoms with Gasteiger partial charge in [0.15, 0.2) is 0 Å². The monoisotopic (exact) mass is 317 g/mol. The van der Waals surface area contributed by atoms with Crippen molar-refractivity contribution in [2.24, 2.45) is 0 Å². The van der Waals surface area contributed by atoms with Crippen molar-refractivity contribution in [2.75, 3.05) is 5.33 Å². The highest BCUT2D eigenvalue weighted by atomic mass is 79.9. The van der Waals surface area contributed by atoms with E-state index in [4.69, 9.17) is 0 Å². The predicted octanol–water partition coefficient (Wildman–Crippen LogP) is 1.68. The number of carbonyl (C=O) groups excluding carboxylic acids is 1. The Hall–Kier alpha value is -0.880. The molecule has 0 spiro atoms. The smallest absolute Gasteiger partial charge is 0.266 e. The van der Waals surface area contributed by atoms with Crippen LogP contribution in [0.25, 0.3) is 0 Å². The molecule has 1 aromatic carbocycles. The predicted molar refractivity (Wildman–Crippen MR) is 67.4 cm³/mol. The van der Waals surface area contributed by atoms with E-state index in [0.717, 1.165) is 9.87 Å². The van der Waals surface area contributed by atoms with Crippen LogP contribution in [0.4, 0.5) is 0 Å². The quantitative estimate of drug-likeness (QED) is 0.629. The molecule has 6 heteroatoms. The molecule has 2 rings (SSSR count). The average molecular weight is 318 g/mol. The Morgan fingerprint density at radius 2 is 1.94 bits per heavy atom. The van der Waals surface area contributed by atoms with Crippen molar-refractivity contribution in [2.45, 2.75) is 24.3 Å². The molecule has 0 N–H and O–H groups in total. The number of sulfonamides is 1. The van der Waals surface area contributed by atoms with Crippen LogP contribution >= 0.6 is 15.9 Å². The SMILES string of the molecule is Cc1ccc(S(=O)(=O)N2C(=O)CC2CBr)cc1. The van der Waals surface area contributed by atoms with Crippen LogP contribution < -0.4 is 0 Å². The van der Waals surface area contributed by atoms with Crippen LogP contribution in [0.2, 0.25) is 0 Å². The Bertz CT molecular complexity index is 538. The molecule has 1 fully saturated rings. The van der Waals surface area contributed by atoms with Gasteiger partial charge in [0.25, 0.3) is 10.0 Å². The summed E-state index contributed by atoms with van der Waals surface area (Å²) in [6.45, 7) is 1.88. The van der Waals surface area contributed by atoms with Crippen LogP contribution in [0, 0.1) is 6.92 Å². The van der Waals surface area contributed by atoms with Gasteiger partial charge in [-0.2, -0.15) is 0 Å². The third kappa shape index (κ3) is 2.11. The minimum Gasteiger partial charge on any atom is -0.274 e. The maximum Gasteiger partial charge on any atom is 0.266 e. The molecule has 1 saturated heterocycles. The molecule has 1 unspecified atom stereocenters. The highest BCUT2D eigenvalue weighted by Crippen LogP contribution is 2.29. The molecular weight excluding hydrogens is 306 g/mol. The summed E-state index contributed by atoms with van der Waals surface area (Å²) in [5.41, 5.74) is 0.982. The van der Waals surface area contributed by atoms with Gasteiger partial charge in [-0.15, -0.1) is 0 Å². The first-order valence-corrected chi connectivity index (χ1v) is 7.73. The van der Waals surface area contributed by atoms with Crippen LogP contribution in [0.1, 0.15) is 12.0 Å². The zero-order valence-electron chi connectivity index (χ0n) is 9.26. The second kappa shape index (κ2) is 4.42. The van der Waals surface area contributed by atoms with Gasteiger partial charge in [0.2, 0.25) is 5.91 Å². The highest BCUT2D eigenvalue weighted by Gasteiger charge is 2.44. The fourth-order valence-electron chi connectivity index (χ4n) is 1.74. The Kier molecular flexibility index (Phi) is 3.27. The van der Waals surface area contributed by atoms with E-state index >= 15 is 0 Å². The Balaban J connectivity index is 2.36. The van der Waals surface area contributed by atoms with E-state index in [1.165, 1.54) is 12.1 Å². The molecule has 0 aliphatic carbocycles. The number of alkyl halides is 1. The summed E-state index contributed by atoms with van der Waals surface area (Å²) in [6, 6.07) is 6.25. The number of rotatable bonds is 3. The van der Waals surface area contributed by atoms with Crippen molar-refractivity contribution >= 4 is 31.9 Å². The lowest BCUT2D eigenvalue weighted by atomic mass is 10.1. The number of amides is 1. The first-order valence-electron chi connectivity index (χ1n) is 5.16. The van der Waals surface area contributed by atoms with Crippen LogP contribution in [0.15, 0.2) is 29.2 Å². The van der Waals surface area contributed by atoms with E-state index in [1.807, 2.05) is 6.92 Å². The molecule has 0 saturated carbocycles. The van der Waals surface area contributed by atoms with Crippen molar-refractivity contribution in [3.63, 3.8) is 0 Å². The second-order valence-corrected chi connectivity index (χ2v) is 6.48. The molecule has 17 heavy (non-hydrogen) atoms. The number of carbonyl (C=O) groups is 1. The highest BCUT2D eigenvalue weighted by molar-refractivity contribution is 9.09. The molecule has 0 aromatic heterocycles. The minimum absolute atomic E-state index is 0.169. The Morgan fingerprint density at radius 1 is 1.35 bits per heavy atom. The molecule has 0 radical (unpaired) electrons. The van der Waals surface area contributed by atoms with Gasteiger partial charge in [-0.05, 0) is 19.1 Å². The average Bonchev–Trinajstić information content (AvgIpc) is 2.25. The molecule has 1 atom stereocenters. The van der Waals surface area contributed by atoms with E-state index in [2.05, 4.69) is 15.9 Å². The first kappa shape index (κ1) is 12.6. The van der Waals surface area contributed by atoms with Crippen molar-refractivity contribution < 1.29 is 13.2 Å². The van der Waals surface area contributed by atoms with E-state index in [1.54, 1.807) is 12.1 Å². The van der Waals surface area contributed by atoms with Gasteiger partial charge in [0.05, 0.1) is 17.4 Å². The maximum atomic E-state index is 12.2. The molecule has 1 aromatic rings. The van der Waals surface area contributed by atoms with E-state index in [-0.39, 0.29) is 23.3 Å². The zero-order chi connectivity index (χ0) is 12.6. The normalized spacial score (nSPS) is 20.2. The largest absolute Gasteiger partial charge is 0.274 e. The third-order valence-electron chi connectivity index (χ3n) is 2.74. The van der Waals surface area contributed by atoms with Crippen molar-refractivity contribution in [1.82, 2.24) is 4.31 Å². The lowest BCUT2D eigenvalue weighted by Gasteiger charge is -2.38. The molecule has 1 amide bonds. The molecular formula is C11H12BrNO3S. The van der Waals surface area contributed by atoms with Crippen molar-refractivity contribution in [3.8, 4) is 0 Å². The Labute approximate surface area is 109 Å². The minimum atomic E-state index is -3.68. The van der Waals surface area contributed by atoms with Crippen molar-refractivity contribution in [1.29, 1.82) is 0 Å². The van der Waals surface area contributed by atoms with E-state index in [0.29, 0.717) is 5.33 Å². The van der Waals surface area contributed by atoms with Gasteiger partial charge < -0.3 is 0 Å². The summed E-state index contributed by atoms with van der Waals surface area (Å²) in [5, 5.41) is 0.476. The van der Waals surface area contributed by atoms with Gasteiger partial charge >= 0.3 is 0 Å². The molecule has 1 heterocycles. The van der Waals surface area contributed by atoms with Crippen LogP contribution in [0.3, 0.4) is 0 Å². The first-order chi connectivity index (χ1) is 7.96. The summed E-state index contributed by atoms with van der Waals surface area (Å²) in [5.74, 6) is -0.338. The molecule has 1 aliphatic rings. The van der Waals surface area contributed by atoms with Gasteiger partial charge in [-0.3, -0.25) is 4.79 Å². The lowest BCUT2D eigenvalue weighted by molar-refractivity contribution is -0.136. The maximum absolute atomic E-state index is 12.2. The summed E-state index contributed by atoms with van der Waals surface area (Å²) in [4.78, 5) is 11.6. The van der Waals surface area contributed by atoms with Gasteiger partial charge in [0, 0.05) is 5.33 Å². The third-order valence-corrected chi connectivity index (χ3v) is 5.38. The number of benzene rings is 1. The molecule has 92 valence electrons. The molecule has 4 nitrogen and oxygen atoms in total. The van der Waals surface area contributed by atoms with Crippen LogP contribution in [-0.2, 0) is 14.8 Å². The van der Waals surface area contributed by atoms with Gasteiger partial charge in [-0.25, -0.2) is 12.7 Å². The fraction of sp³-hybridized carbons (Fsp3) is 0.364. The second-order valence-electron chi connectivity index (χ2n) is 4.02. The zero-order valence-corrected chi connectivity index (χ0v) is 11.7. The number of hydrogen-bond donors (Lipinski definition) is 0. The number of β-lactam (4-membered cyclic amide) rings is 1. The summed E-state index contributed by atoms with van der Waals surface area (Å²) < 4.78 is 25.3. The molecule has 1 aliphatic heterocycles. The topological polar surface area (TPSA) is 54.5 Å². The summed E-state index contributed by atoms with van der Waals surface area (Å²) in [6.07, 6.45) is 0.288. The summed E-state index contributed by atoms with van der Waals surface area (Å²) in [7, 11) is -3.68. The van der Waals surface area contributed by atoms with Gasteiger partial charge in [0.1, 0.15) is 0 Å². The Morgan fingerprint density at radius 3 is 2.41 bits per heavy atom. The van der Waals surface area contributed by atoms with Gasteiger partial charge in [-0.1, -0.05) is 33.6 Å². The number of nitrogens with zero attached hydrogens (tertiary/aromatic N) is 1. The summed E-state index contributed by atoms with van der Waals surface area (Å²) >= 11 is 3.21. The number of halogens is 1. The van der Waals surface area contributed by atoms with E-state index < -0.39 is 10.0 Å². The number of hydrogen-bond acceptors (Lipinski definition) is 3. The standard InChI is InChI=1S/C11H12BrNO3S/c1-8-2-4-10(5-3-8)17(15,16)13-9(7-12)6-11(13)14/h2-5,9H,6-7H2,1H3. The van der Waals surface area contributed by atoms with Crippen LogP contribution in [-0.4, -0.2) is 30.0 Å². The lowest BCUT2D eigenvalue weighted by Crippen LogP contribution is -2.56. The van der Waals surface area contributed by atoms with Crippen molar-refractivity contribution in [3.05, 3.63) is 29.8 Å². The molecule has 0 bridgehead atoms.